The lowest BCUT2D eigenvalue weighted by Gasteiger charge is -2.28. The van der Waals surface area contributed by atoms with Crippen LogP contribution in [-0.4, -0.2) is 32.5 Å². The Bertz CT molecular complexity index is 301. The minimum atomic E-state index is -2.84. The second-order valence-corrected chi connectivity index (χ2v) is 7.66. The zero-order valence-electron chi connectivity index (χ0n) is 11.2. The smallest absolute Gasteiger partial charge is 0.150 e. The Morgan fingerprint density at radius 3 is 2.59 bits per heavy atom. The van der Waals surface area contributed by atoms with E-state index in [4.69, 9.17) is 0 Å². The number of nitrogens with one attached hydrogen (secondary N) is 1. The summed E-state index contributed by atoms with van der Waals surface area (Å²) < 4.78 is 23.0. The quantitative estimate of drug-likeness (QED) is 0.716. The van der Waals surface area contributed by atoms with E-state index in [0.717, 1.165) is 32.2 Å². The summed E-state index contributed by atoms with van der Waals surface area (Å²) in [5.41, 5.74) is 0. The fraction of sp³-hybridized carbons (Fsp3) is 1.00. The first-order valence-corrected chi connectivity index (χ1v) is 8.91. The molecule has 0 bridgehead atoms. The third-order valence-corrected chi connectivity index (χ3v) is 5.33. The molecule has 102 valence electrons. The highest BCUT2D eigenvalue weighted by Crippen LogP contribution is 2.23. The molecule has 0 radical (unpaired) electrons. The molecule has 1 rings (SSSR count). The molecule has 0 aromatic carbocycles. The monoisotopic (exact) mass is 261 g/mol. The number of unbranched alkanes of at least 4 members (excludes halogenated alkanes) is 3. The van der Waals surface area contributed by atoms with E-state index in [9.17, 15) is 8.42 Å². The maximum absolute atomic E-state index is 11.5. The number of hydrogen-bond donors (Lipinski definition) is 1. The molecule has 0 spiro atoms. The first-order valence-electron chi connectivity index (χ1n) is 6.96. The van der Waals surface area contributed by atoms with E-state index < -0.39 is 9.84 Å². The molecule has 2 atom stereocenters. The van der Waals surface area contributed by atoms with Crippen LogP contribution in [0, 0.1) is 0 Å². The fourth-order valence-corrected chi connectivity index (χ4v) is 3.75. The molecule has 1 aliphatic rings. The van der Waals surface area contributed by atoms with Crippen LogP contribution in [0.5, 0.6) is 0 Å². The van der Waals surface area contributed by atoms with Gasteiger partial charge in [0.2, 0.25) is 0 Å². The molecule has 1 saturated carbocycles. The molecule has 0 aliphatic heterocycles. The van der Waals surface area contributed by atoms with Gasteiger partial charge in [-0.25, -0.2) is 8.42 Å². The van der Waals surface area contributed by atoms with E-state index in [2.05, 4.69) is 12.2 Å². The van der Waals surface area contributed by atoms with Gasteiger partial charge in [0.1, 0.15) is 9.84 Å². The average molecular weight is 261 g/mol. The second-order valence-electron chi connectivity index (χ2n) is 5.33. The molecule has 1 fully saturated rings. The maximum Gasteiger partial charge on any atom is 0.150 e. The van der Waals surface area contributed by atoms with Crippen molar-refractivity contribution in [2.75, 3.05) is 12.8 Å². The van der Waals surface area contributed by atoms with Crippen molar-refractivity contribution in [1.82, 2.24) is 5.32 Å². The first kappa shape index (κ1) is 15.0. The largest absolute Gasteiger partial charge is 0.314 e. The van der Waals surface area contributed by atoms with Gasteiger partial charge in [-0.3, -0.25) is 0 Å². The van der Waals surface area contributed by atoms with E-state index in [-0.39, 0.29) is 5.25 Å². The van der Waals surface area contributed by atoms with Gasteiger partial charge in [0, 0.05) is 12.3 Å². The molecule has 0 amide bonds. The Labute approximate surface area is 106 Å². The molecule has 2 unspecified atom stereocenters. The molecule has 0 saturated heterocycles. The summed E-state index contributed by atoms with van der Waals surface area (Å²) in [6.45, 7) is 3.26. The molecule has 0 heterocycles. The third-order valence-electron chi connectivity index (χ3n) is 3.69. The zero-order chi connectivity index (χ0) is 12.7. The average Bonchev–Trinajstić information content (AvgIpc) is 2.28. The lowest BCUT2D eigenvalue weighted by molar-refractivity contribution is 0.369. The molecular weight excluding hydrogens is 234 g/mol. The highest BCUT2D eigenvalue weighted by molar-refractivity contribution is 7.91. The van der Waals surface area contributed by atoms with Crippen LogP contribution in [-0.2, 0) is 9.84 Å². The molecule has 0 aromatic heterocycles. The van der Waals surface area contributed by atoms with Crippen LogP contribution in [0.1, 0.15) is 58.3 Å². The number of sulfone groups is 1. The van der Waals surface area contributed by atoms with Crippen LogP contribution >= 0.6 is 0 Å². The van der Waals surface area contributed by atoms with Crippen LogP contribution in [0.4, 0.5) is 0 Å². The lowest BCUT2D eigenvalue weighted by Crippen LogP contribution is -2.39. The predicted molar refractivity (Wildman–Crippen MR) is 73.0 cm³/mol. The first-order chi connectivity index (χ1) is 8.04. The van der Waals surface area contributed by atoms with Gasteiger partial charge in [-0.15, -0.1) is 0 Å². The van der Waals surface area contributed by atoms with Crippen molar-refractivity contribution in [3.8, 4) is 0 Å². The van der Waals surface area contributed by atoms with Crippen molar-refractivity contribution in [1.29, 1.82) is 0 Å². The van der Waals surface area contributed by atoms with Crippen LogP contribution in [0.2, 0.25) is 0 Å². The SMILES string of the molecule is CCCCCCNC1CCCC(S(C)(=O)=O)C1. The summed E-state index contributed by atoms with van der Waals surface area (Å²) in [7, 11) is -2.84. The predicted octanol–water partition coefficient (Wildman–Crippen LogP) is 2.51. The van der Waals surface area contributed by atoms with Crippen LogP contribution < -0.4 is 5.32 Å². The Balaban J connectivity index is 2.21. The second kappa shape index (κ2) is 7.37. The van der Waals surface area contributed by atoms with E-state index in [1.807, 2.05) is 0 Å². The summed E-state index contributed by atoms with van der Waals surface area (Å²) in [6.07, 6.45) is 10.3. The standard InChI is InChI=1S/C13H27NO2S/c1-3-4-5-6-10-14-12-8-7-9-13(11-12)17(2,15)16/h12-14H,3-11H2,1-2H3. The molecule has 1 N–H and O–H groups in total. The molecule has 17 heavy (non-hydrogen) atoms. The molecular formula is C13H27NO2S. The van der Waals surface area contributed by atoms with Gasteiger partial charge < -0.3 is 5.32 Å². The fourth-order valence-electron chi connectivity index (χ4n) is 2.58. The Kier molecular flexibility index (Phi) is 6.49. The number of rotatable bonds is 7. The minimum Gasteiger partial charge on any atom is -0.314 e. The van der Waals surface area contributed by atoms with Gasteiger partial charge >= 0.3 is 0 Å². The lowest BCUT2D eigenvalue weighted by atomic mass is 9.95. The molecule has 0 aromatic rings. The minimum absolute atomic E-state index is 0.107. The molecule has 3 nitrogen and oxygen atoms in total. The number of hydrogen-bond acceptors (Lipinski definition) is 3. The van der Waals surface area contributed by atoms with Gasteiger partial charge in [-0.05, 0) is 32.2 Å². The van der Waals surface area contributed by atoms with Crippen molar-refractivity contribution in [3.63, 3.8) is 0 Å². The summed E-state index contributed by atoms with van der Waals surface area (Å²) in [5.74, 6) is 0. The van der Waals surface area contributed by atoms with Gasteiger partial charge in [0.05, 0.1) is 5.25 Å². The zero-order valence-corrected chi connectivity index (χ0v) is 12.1. The van der Waals surface area contributed by atoms with Crippen molar-refractivity contribution >= 4 is 9.84 Å². The summed E-state index contributed by atoms with van der Waals surface area (Å²) in [4.78, 5) is 0. The summed E-state index contributed by atoms with van der Waals surface area (Å²) in [5, 5.41) is 3.41. The van der Waals surface area contributed by atoms with E-state index in [1.165, 1.54) is 31.9 Å². The van der Waals surface area contributed by atoms with E-state index >= 15 is 0 Å². The summed E-state index contributed by atoms with van der Waals surface area (Å²) in [6, 6.07) is 0.421. The topological polar surface area (TPSA) is 46.2 Å². The van der Waals surface area contributed by atoms with Crippen molar-refractivity contribution < 1.29 is 8.42 Å². The van der Waals surface area contributed by atoms with Gasteiger partial charge in [0.25, 0.3) is 0 Å². The maximum atomic E-state index is 11.5. The van der Waals surface area contributed by atoms with Crippen LogP contribution in [0.15, 0.2) is 0 Å². The normalized spacial score (nSPS) is 26.0. The van der Waals surface area contributed by atoms with E-state index in [1.54, 1.807) is 0 Å². The Morgan fingerprint density at radius 1 is 1.18 bits per heavy atom. The molecule has 1 aliphatic carbocycles. The highest BCUT2D eigenvalue weighted by atomic mass is 32.2. The third kappa shape index (κ3) is 5.87. The van der Waals surface area contributed by atoms with Crippen LogP contribution in [0.25, 0.3) is 0 Å². The Hall–Kier alpha value is -0.0900. The van der Waals surface area contributed by atoms with Crippen molar-refractivity contribution in [2.45, 2.75) is 69.6 Å². The highest BCUT2D eigenvalue weighted by Gasteiger charge is 2.28. The Morgan fingerprint density at radius 2 is 1.94 bits per heavy atom. The van der Waals surface area contributed by atoms with Gasteiger partial charge in [-0.2, -0.15) is 0 Å². The van der Waals surface area contributed by atoms with E-state index in [0.29, 0.717) is 6.04 Å². The van der Waals surface area contributed by atoms with Gasteiger partial charge in [0.15, 0.2) is 0 Å². The van der Waals surface area contributed by atoms with Gasteiger partial charge in [-0.1, -0.05) is 32.6 Å². The van der Waals surface area contributed by atoms with Crippen molar-refractivity contribution in [2.24, 2.45) is 0 Å². The summed E-state index contributed by atoms with van der Waals surface area (Å²) >= 11 is 0. The van der Waals surface area contributed by atoms with Crippen molar-refractivity contribution in [3.05, 3.63) is 0 Å². The van der Waals surface area contributed by atoms with Crippen LogP contribution in [0.3, 0.4) is 0 Å². The molecule has 4 heteroatoms.